The van der Waals surface area contributed by atoms with Crippen LogP contribution in [0.15, 0.2) is 66.9 Å². The maximum atomic E-state index is 12.9. The van der Waals surface area contributed by atoms with Gasteiger partial charge in [0.25, 0.3) is 5.91 Å². The van der Waals surface area contributed by atoms with Crippen molar-refractivity contribution in [2.24, 2.45) is 5.41 Å². The summed E-state index contributed by atoms with van der Waals surface area (Å²) in [6, 6.07) is 16.1. The van der Waals surface area contributed by atoms with Gasteiger partial charge >= 0.3 is 5.97 Å². The van der Waals surface area contributed by atoms with E-state index in [1.165, 1.54) is 6.08 Å². The highest BCUT2D eigenvalue weighted by Crippen LogP contribution is 2.27. The summed E-state index contributed by atoms with van der Waals surface area (Å²) in [5, 5.41) is 10.3. The molecule has 2 aromatic heterocycles. The minimum absolute atomic E-state index is 0.0691. The number of ether oxygens (including phenoxy) is 1. The van der Waals surface area contributed by atoms with Crippen LogP contribution in [-0.4, -0.2) is 39.0 Å². The molecule has 0 aliphatic heterocycles. The summed E-state index contributed by atoms with van der Waals surface area (Å²) in [7, 11) is 0. The number of carbonyl (C=O) groups excluding carboxylic acids is 3. The van der Waals surface area contributed by atoms with Crippen molar-refractivity contribution < 1.29 is 19.1 Å². The molecule has 0 atom stereocenters. The Labute approximate surface area is 226 Å². The largest absolute Gasteiger partial charge is 0.463 e. The minimum Gasteiger partial charge on any atom is -0.463 e. The van der Waals surface area contributed by atoms with E-state index in [-0.39, 0.29) is 11.8 Å². The van der Waals surface area contributed by atoms with Gasteiger partial charge < -0.3 is 15.4 Å². The molecule has 0 fully saturated rings. The minimum atomic E-state index is -0.517. The molecule has 0 spiro atoms. The summed E-state index contributed by atoms with van der Waals surface area (Å²) in [4.78, 5) is 41.6. The normalized spacial score (nSPS) is 11.5. The number of benzene rings is 2. The zero-order valence-corrected chi connectivity index (χ0v) is 22.6. The summed E-state index contributed by atoms with van der Waals surface area (Å²) in [5.74, 6) is -0.501. The molecular formula is C30H31N5O4. The van der Waals surface area contributed by atoms with Gasteiger partial charge in [-0.15, -0.1) is 5.10 Å². The van der Waals surface area contributed by atoms with Gasteiger partial charge in [0.1, 0.15) is 0 Å². The molecule has 2 aromatic carbocycles. The Kier molecular flexibility index (Phi) is 7.90. The van der Waals surface area contributed by atoms with E-state index in [2.05, 4.69) is 20.7 Å². The van der Waals surface area contributed by atoms with Crippen LogP contribution in [0.25, 0.3) is 23.0 Å². The fraction of sp³-hybridized carbons (Fsp3) is 0.233. The van der Waals surface area contributed by atoms with E-state index >= 15 is 0 Å². The molecule has 2 amide bonds. The molecule has 2 N–H and O–H groups in total. The number of carbonyl (C=O) groups is 3. The van der Waals surface area contributed by atoms with Crippen molar-refractivity contribution in [1.29, 1.82) is 0 Å². The van der Waals surface area contributed by atoms with Gasteiger partial charge in [0, 0.05) is 28.3 Å². The zero-order valence-electron chi connectivity index (χ0n) is 22.6. The number of aryl methyl sites for hydroxylation is 1. The monoisotopic (exact) mass is 525 g/mol. The second-order valence-electron chi connectivity index (χ2n) is 10.0. The molecule has 4 rings (SSSR count). The van der Waals surface area contributed by atoms with Crippen LogP contribution >= 0.6 is 0 Å². The third kappa shape index (κ3) is 6.75. The number of esters is 1. The number of amides is 2. The lowest BCUT2D eigenvalue weighted by atomic mass is 9.95. The zero-order chi connectivity index (χ0) is 28.2. The Balaban J connectivity index is 1.52. The van der Waals surface area contributed by atoms with Gasteiger partial charge in [0.2, 0.25) is 5.91 Å². The fourth-order valence-corrected chi connectivity index (χ4v) is 3.64. The fourth-order valence-electron chi connectivity index (χ4n) is 3.64. The molecule has 0 aliphatic carbocycles. The van der Waals surface area contributed by atoms with Gasteiger partial charge in [0.05, 0.1) is 18.5 Å². The predicted molar refractivity (Wildman–Crippen MR) is 151 cm³/mol. The summed E-state index contributed by atoms with van der Waals surface area (Å²) < 4.78 is 6.48. The van der Waals surface area contributed by atoms with Gasteiger partial charge in [-0.25, -0.2) is 14.3 Å². The molecule has 9 nitrogen and oxygen atoms in total. The molecule has 0 aliphatic rings. The van der Waals surface area contributed by atoms with Crippen LogP contribution in [0.1, 0.15) is 49.2 Å². The number of rotatable bonds is 7. The summed E-state index contributed by atoms with van der Waals surface area (Å²) in [6.07, 6.45) is 4.69. The van der Waals surface area contributed by atoms with Crippen LogP contribution in [-0.2, 0) is 14.3 Å². The lowest BCUT2D eigenvalue weighted by molar-refractivity contribution is -0.137. The third-order valence-corrected chi connectivity index (χ3v) is 5.87. The smallest absolute Gasteiger partial charge is 0.330 e. The van der Waals surface area contributed by atoms with Crippen LogP contribution < -0.4 is 10.6 Å². The molecule has 0 unspecified atom stereocenters. The SMILES string of the molecule is CCOC(=O)/C=C/c1cccc(C(=O)Nc2ccc3nc(-c4ccc(C)c(NC(=O)C(C)(C)C)c4)cn3n2)c1. The number of aromatic nitrogens is 3. The van der Waals surface area contributed by atoms with Crippen LogP contribution in [0.4, 0.5) is 11.5 Å². The Morgan fingerprint density at radius 2 is 1.82 bits per heavy atom. The highest BCUT2D eigenvalue weighted by Gasteiger charge is 2.22. The quantitative estimate of drug-likeness (QED) is 0.243. The maximum Gasteiger partial charge on any atom is 0.330 e. The lowest BCUT2D eigenvalue weighted by Gasteiger charge is -2.19. The molecule has 4 aromatic rings. The maximum absolute atomic E-state index is 12.9. The molecule has 2 heterocycles. The molecule has 0 bridgehead atoms. The first-order valence-corrected chi connectivity index (χ1v) is 12.6. The van der Waals surface area contributed by atoms with Crippen LogP contribution in [0.5, 0.6) is 0 Å². The number of hydrogen-bond donors (Lipinski definition) is 2. The number of anilines is 2. The van der Waals surface area contributed by atoms with E-state index in [9.17, 15) is 14.4 Å². The van der Waals surface area contributed by atoms with Crippen molar-refractivity contribution in [2.45, 2.75) is 34.6 Å². The summed E-state index contributed by atoms with van der Waals surface area (Å²) in [6.45, 7) is 9.57. The van der Waals surface area contributed by atoms with Crippen molar-refractivity contribution in [3.63, 3.8) is 0 Å². The summed E-state index contributed by atoms with van der Waals surface area (Å²) in [5.41, 5.74) is 4.38. The van der Waals surface area contributed by atoms with Crippen LogP contribution in [0.3, 0.4) is 0 Å². The Hall–Kier alpha value is -4.79. The van der Waals surface area contributed by atoms with Crippen molar-refractivity contribution in [3.05, 3.63) is 83.6 Å². The first-order chi connectivity index (χ1) is 18.5. The van der Waals surface area contributed by atoms with Crippen molar-refractivity contribution in [1.82, 2.24) is 14.6 Å². The van der Waals surface area contributed by atoms with E-state index in [0.717, 1.165) is 16.8 Å². The van der Waals surface area contributed by atoms with E-state index in [4.69, 9.17) is 4.74 Å². The van der Waals surface area contributed by atoms with E-state index in [1.54, 1.807) is 60.1 Å². The number of nitrogens with zero attached hydrogens (tertiary/aromatic N) is 3. The average molecular weight is 526 g/mol. The molecule has 0 saturated carbocycles. The van der Waals surface area contributed by atoms with Crippen LogP contribution in [0, 0.1) is 12.3 Å². The summed E-state index contributed by atoms with van der Waals surface area (Å²) >= 11 is 0. The van der Waals surface area contributed by atoms with Crippen LogP contribution in [0.2, 0.25) is 0 Å². The predicted octanol–water partition coefficient (Wildman–Crippen LogP) is 5.52. The second kappa shape index (κ2) is 11.3. The Morgan fingerprint density at radius 3 is 2.56 bits per heavy atom. The Morgan fingerprint density at radius 1 is 1.03 bits per heavy atom. The second-order valence-corrected chi connectivity index (χ2v) is 10.0. The van der Waals surface area contributed by atoms with E-state index in [1.807, 2.05) is 45.9 Å². The third-order valence-electron chi connectivity index (χ3n) is 5.87. The molecule has 0 saturated heterocycles. The van der Waals surface area contributed by atoms with Crippen molar-refractivity contribution in [2.75, 3.05) is 17.2 Å². The van der Waals surface area contributed by atoms with Gasteiger partial charge in [-0.2, -0.15) is 0 Å². The standard InChI is InChI=1S/C30H31N5O4/c1-6-39-27(36)15-11-20-8-7-9-22(16-20)28(37)33-25-13-14-26-31-24(18-35(26)34-25)21-12-10-19(2)23(17-21)32-29(38)30(3,4)5/h7-18H,6H2,1-5H3,(H,32,38)(H,33,34,37)/b15-11+. The van der Waals surface area contributed by atoms with E-state index in [0.29, 0.717) is 34.9 Å². The Bertz CT molecular complexity index is 1580. The van der Waals surface area contributed by atoms with Crippen molar-refractivity contribution >= 4 is 41.0 Å². The van der Waals surface area contributed by atoms with Gasteiger partial charge in [-0.3, -0.25) is 9.59 Å². The average Bonchev–Trinajstić information content (AvgIpc) is 3.32. The topological polar surface area (TPSA) is 115 Å². The number of hydrogen-bond acceptors (Lipinski definition) is 6. The van der Waals surface area contributed by atoms with Gasteiger partial charge in [-0.1, -0.05) is 45.0 Å². The van der Waals surface area contributed by atoms with E-state index < -0.39 is 11.4 Å². The highest BCUT2D eigenvalue weighted by molar-refractivity contribution is 6.04. The number of nitrogens with one attached hydrogen (secondary N) is 2. The molecule has 9 heteroatoms. The molecular weight excluding hydrogens is 494 g/mol. The first kappa shape index (κ1) is 27.3. The first-order valence-electron chi connectivity index (χ1n) is 12.6. The van der Waals surface area contributed by atoms with Crippen molar-refractivity contribution in [3.8, 4) is 11.3 Å². The number of fused-ring (bicyclic) bond motifs is 1. The molecule has 39 heavy (non-hydrogen) atoms. The van der Waals surface area contributed by atoms with Gasteiger partial charge in [-0.05, 0) is 61.4 Å². The number of imidazole rings is 1. The molecule has 0 radical (unpaired) electrons. The lowest BCUT2D eigenvalue weighted by Crippen LogP contribution is -2.27. The molecule has 200 valence electrons. The van der Waals surface area contributed by atoms with Gasteiger partial charge in [0.15, 0.2) is 11.5 Å². The highest BCUT2D eigenvalue weighted by atomic mass is 16.5.